The number of nitrogens with zero attached hydrogens (tertiary/aromatic N) is 1. The van der Waals surface area contributed by atoms with Crippen LogP contribution in [0.3, 0.4) is 0 Å². The quantitative estimate of drug-likeness (QED) is 0.783. The fraction of sp³-hybridized carbons (Fsp3) is 0.273. The van der Waals surface area contributed by atoms with Crippen LogP contribution in [0.5, 0.6) is 0 Å². The van der Waals surface area contributed by atoms with Gasteiger partial charge < -0.3 is 10.6 Å². The molecule has 2 amide bonds. The first-order valence-electron chi connectivity index (χ1n) is 4.77. The van der Waals surface area contributed by atoms with Crippen LogP contribution in [-0.2, 0) is 0 Å². The number of hydrogen-bond acceptors (Lipinski definition) is 2. The number of nitriles is 1. The Morgan fingerprint density at radius 3 is 2.67 bits per heavy atom. The molecule has 1 unspecified atom stereocenters. The maximum Gasteiger partial charge on any atom is 0.316 e. The van der Waals surface area contributed by atoms with Crippen molar-refractivity contribution >= 4 is 6.03 Å². The lowest BCUT2D eigenvalue weighted by atomic mass is 10.1. The van der Waals surface area contributed by atoms with Crippen LogP contribution in [0.4, 0.5) is 4.79 Å². The highest BCUT2D eigenvalue weighted by Crippen LogP contribution is 2.10. The first kappa shape index (κ1) is 11.1. The second kappa shape index (κ2) is 5.66. The van der Waals surface area contributed by atoms with Crippen LogP contribution in [0.2, 0.25) is 0 Å². The average molecular weight is 203 g/mol. The van der Waals surface area contributed by atoms with Crippen molar-refractivity contribution in [3.05, 3.63) is 35.9 Å². The molecule has 15 heavy (non-hydrogen) atoms. The summed E-state index contributed by atoms with van der Waals surface area (Å²) < 4.78 is 0. The number of hydrogen-bond donors (Lipinski definition) is 2. The molecule has 0 saturated heterocycles. The Balaban J connectivity index is 2.66. The zero-order valence-electron chi connectivity index (χ0n) is 8.53. The van der Waals surface area contributed by atoms with E-state index >= 15 is 0 Å². The summed E-state index contributed by atoms with van der Waals surface area (Å²) in [7, 11) is 0. The highest BCUT2D eigenvalue weighted by atomic mass is 16.2. The fourth-order valence-corrected chi connectivity index (χ4v) is 1.18. The van der Waals surface area contributed by atoms with Crippen molar-refractivity contribution in [3.8, 4) is 6.07 Å². The molecule has 0 bridgehead atoms. The summed E-state index contributed by atoms with van der Waals surface area (Å²) in [6.07, 6.45) is 0. The number of rotatable bonds is 3. The number of carbonyl (C=O) groups is 1. The molecule has 2 N–H and O–H groups in total. The van der Waals surface area contributed by atoms with Crippen LogP contribution in [-0.4, -0.2) is 12.6 Å². The molecule has 1 aromatic rings. The molecular weight excluding hydrogens is 190 g/mol. The number of urea groups is 1. The molecule has 0 aliphatic carbocycles. The van der Waals surface area contributed by atoms with E-state index in [9.17, 15) is 4.79 Å². The molecule has 0 aromatic heterocycles. The summed E-state index contributed by atoms with van der Waals surface area (Å²) in [6, 6.07) is 10.3. The van der Waals surface area contributed by atoms with Crippen LogP contribution in [0.25, 0.3) is 0 Å². The second-order valence-electron chi connectivity index (χ2n) is 2.98. The molecule has 1 atom stereocenters. The molecule has 4 heteroatoms. The van der Waals surface area contributed by atoms with Crippen molar-refractivity contribution in [2.75, 3.05) is 6.54 Å². The van der Waals surface area contributed by atoms with Gasteiger partial charge in [-0.25, -0.2) is 4.79 Å². The summed E-state index contributed by atoms with van der Waals surface area (Å²) in [5.41, 5.74) is 0.784. The maximum absolute atomic E-state index is 11.2. The third-order valence-corrected chi connectivity index (χ3v) is 1.87. The van der Waals surface area contributed by atoms with Crippen molar-refractivity contribution in [2.24, 2.45) is 0 Å². The molecule has 1 rings (SSSR count). The molecule has 0 aliphatic heterocycles. The average Bonchev–Trinajstić information content (AvgIpc) is 2.27. The normalized spacial score (nSPS) is 11.2. The van der Waals surface area contributed by atoms with Gasteiger partial charge >= 0.3 is 6.03 Å². The van der Waals surface area contributed by atoms with E-state index in [0.717, 1.165) is 5.56 Å². The third kappa shape index (κ3) is 3.31. The molecule has 0 aliphatic rings. The Bertz CT molecular complexity index is 356. The largest absolute Gasteiger partial charge is 0.338 e. The minimum Gasteiger partial charge on any atom is -0.338 e. The number of nitrogens with one attached hydrogen (secondary N) is 2. The molecule has 0 radical (unpaired) electrons. The summed E-state index contributed by atoms with van der Waals surface area (Å²) in [5.74, 6) is 0. The second-order valence-corrected chi connectivity index (χ2v) is 2.98. The SMILES string of the molecule is CCNC(=O)NC(C#N)c1ccccc1. The van der Waals surface area contributed by atoms with Crippen molar-refractivity contribution in [2.45, 2.75) is 13.0 Å². The lowest BCUT2D eigenvalue weighted by Gasteiger charge is -2.11. The standard InChI is InChI=1S/C11H13N3O/c1-2-13-11(15)14-10(8-12)9-6-4-3-5-7-9/h3-7,10H,2H2,1H3,(H2,13,14,15). The Morgan fingerprint density at radius 1 is 1.47 bits per heavy atom. The van der Waals surface area contributed by atoms with E-state index < -0.39 is 6.04 Å². The van der Waals surface area contributed by atoms with Gasteiger partial charge in [0.25, 0.3) is 0 Å². The van der Waals surface area contributed by atoms with Gasteiger partial charge in [-0.15, -0.1) is 0 Å². The highest BCUT2D eigenvalue weighted by molar-refractivity contribution is 5.74. The molecule has 1 aromatic carbocycles. The van der Waals surface area contributed by atoms with Gasteiger partial charge in [-0.2, -0.15) is 5.26 Å². The van der Waals surface area contributed by atoms with Gasteiger partial charge in [-0.1, -0.05) is 30.3 Å². The van der Waals surface area contributed by atoms with Crippen LogP contribution in [0.1, 0.15) is 18.5 Å². The van der Waals surface area contributed by atoms with Crippen molar-refractivity contribution in [3.63, 3.8) is 0 Å². The van der Waals surface area contributed by atoms with Crippen LogP contribution < -0.4 is 10.6 Å². The van der Waals surface area contributed by atoms with E-state index in [0.29, 0.717) is 6.54 Å². The first-order valence-corrected chi connectivity index (χ1v) is 4.77. The monoisotopic (exact) mass is 203 g/mol. The van der Waals surface area contributed by atoms with Gasteiger partial charge in [-0.3, -0.25) is 0 Å². The van der Waals surface area contributed by atoms with Gasteiger partial charge in [0, 0.05) is 6.54 Å². The Morgan fingerprint density at radius 2 is 2.13 bits per heavy atom. The minimum atomic E-state index is -0.599. The summed E-state index contributed by atoms with van der Waals surface area (Å²) in [4.78, 5) is 11.2. The zero-order valence-corrected chi connectivity index (χ0v) is 8.53. The van der Waals surface area contributed by atoms with Crippen LogP contribution >= 0.6 is 0 Å². The molecule has 4 nitrogen and oxygen atoms in total. The summed E-state index contributed by atoms with van der Waals surface area (Å²) in [5, 5.41) is 14.1. The molecule has 78 valence electrons. The Kier molecular flexibility index (Phi) is 4.17. The van der Waals surface area contributed by atoms with E-state index in [1.165, 1.54) is 0 Å². The number of benzene rings is 1. The van der Waals surface area contributed by atoms with Gasteiger partial charge in [0.1, 0.15) is 6.04 Å². The highest BCUT2D eigenvalue weighted by Gasteiger charge is 2.11. The van der Waals surface area contributed by atoms with Crippen molar-refractivity contribution in [1.82, 2.24) is 10.6 Å². The van der Waals surface area contributed by atoms with E-state index in [-0.39, 0.29) is 6.03 Å². The topological polar surface area (TPSA) is 64.9 Å². The predicted molar refractivity (Wildman–Crippen MR) is 57.0 cm³/mol. The van der Waals surface area contributed by atoms with Crippen LogP contribution in [0.15, 0.2) is 30.3 Å². The van der Waals surface area contributed by atoms with E-state index in [4.69, 9.17) is 5.26 Å². The number of carbonyl (C=O) groups excluding carboxylic acids is 1. The van der Waals surface area contributed by atoms with Gasteiger partial charge in [0.2, 0.25) is 0 Å². The Labute approximate surface area is 88.9 Å². The van der Waals surface area contributed by atoms with E-state index in [2.05, 4.69) is 10.6 Å². The molecule has 0 spiro atoms. The van der Waals surface area contributed by atoms with Crippen LogP contribution in [0, 0.1) is 11.3 Å². The smallest absolute Gasteiger partial charge is 0.316 e. The van der Waals surface area contributed by atoms with E-state index in [1.54, 1.807) is 12.1 Å². The number of amides is 2. The molecular formula is C11H13N3O. The predicted octanol–water partition coefficient (Wildman–Crippen LogP) is 1.57. The van der Waals surface area contributed by atoms with Crippen molar-refractivity contribution < 1.29 is 4.79 Å². The minimum absolute atomic E-state index is 0.326. The van der Waals surface area contributed by atoms with Gasteiger partial charge in [0.05, 0.1) is 6.07 Å². The Hall–Kier alpha value is -2.02. The maximum atomic E-state index is 11.2. The lowest BCUT2D eigenvalue weighted by Crippen LogP contribution is -2.37. The van der Waals surface area contributed by atoms with Gasteiger partial charge in [0.15, 0.2) is 0 Å². The third-order valence-electron chi connectivity index (χ3n) is 1.87. The summed E-state index contributed by atoms with van der Waals surface area (Å²) in [6.45, 7) is 2.36. The zero-order chi connectivity index (χ0) is 11.1. The first-order chi connectivity index (χ1) is 7.27. The molecule has 0 fully saturated rings. The fourth-order valence-electron chi connectivity index (χ4n) is 1.18. The molecule has 0 saturated carbocycles. The van der Waals surface area contributed by atoms with E-state index in [1.807, 2.05) is 31.2 Å². The summed E-state index contributed by atoms with van der Waals surface area (Å²) >= 11 is 0. The molecule has 0 heterocycles. The lowest BCUT2D eigenvalue weighted by molar-refractivity contribution is 0.240. The van der Waals surface area contributed by atoms with Crippen molar-refractivity contribution in [1.29, 1.82) is 5.26 Å². The van der Waals surface area contributed by atoms with Gasteiger partial charge in [-0.05, 0) is 12.5 Å².